The highest BCUT2D eigenvalue weighted by molar-refractivity contribution is 5.97. The summed E-state index contributed by atoms with van der Waals surface area (Å²) < 4.78 is 10.6. The number of hydrogen-bond acceptors (Lipinski definition) is 5. The molecule has 1 N–H and O–H groups in total. The summed E-state index contributed by atoms with van der Waals surface area (Å²) in [5.74, 6) is -0.750. The molecular formula is C23H23NO5. The Kier molecular flexibility index (Phi) is 5.55. The molecule has 0 aliphatic rings. The first-order valence-corrected chi connectivity index (χ1v) is 9.38. The second-order valence-corrected chi connectivity index (χ2v) is 7.72. The van der Waals surface area contributed by atoms with Gasteiger partial charge < -0.3 is 14.5 Å². The number of rotatable bonds is 4. The molecule has 0 bridgehead atoms. The highest BCUT2D eigenvalue weighted by Crippen LogP contribution is 2.24. The van der Waals surface area contributed by atoms with Crippen LogP contribution in [-0.4, -0.2) is 18.4 Å². The highest BCUT2D eigenvalue weighted by Gasteiger charge is 2.16. The van der Waals surface area contributed by atoms with Gasteiger partial charge in [-0.05, 0) is 48.2 Å². The van der Waals surface area contributed by atoms with Crippen LogP contribution in [0, 0.1) is 0 Å². The van der Waals surface area contributed by atoms with Gasteiger partial charge in [-0.3, -0.25) is 4.79 Å². The van der Waals surface area contributed by atoms with Crippen LogP contribution in [0.4, 0.5) is 0 Å². The molecule has 150 valence electrons. The molecule has 0 spiro atoms. The smallest absolute Gasteiger partial charge is 0.349 e. The van der Waals surface area contributed by atoms with Crippen LogP contribution in [0.3, 0.4) is 0 Å². The van der Waals surface area contributed by atoms with Gasteiger partial charge in [0.2, 0.25) is 0 Å². The molecule has 2 aromatic carbocycles. The maximum absolute atomic E-state index is 12.4. The van der Waals surface area contributed by atoms with Crippen LogP contribution in [0.1, 0.15) is 54.0 Å². The first kappa shape index (κ1) is 20.3. The molecule has 0 saturated carbocycles. The van der Waals surface area contributed by atoms with Crippen molar-refractivity contribution in [1.82, 2.24) is 5.32 Å². The summed E-state index contributed by atoms with van der Waals surface area (Å²) in [5.41, 5.74) is 0.949. The molecule has 3 rings (SSSR count). The van der Waals surface area contributed by atoms with Crippen LogP contribution in [0.5, 0.6) is 5.75 Å². The third kappa shape index (κ3) is 4.54. The fourth-order valence-electron chi connectivity index (χ4n) is 2.84. The number of esters is 1. The fraction of sp³-hybridized carbons (Fsp3) is 0.261. The second-order valence-electron chi connectivity index (χ2n) is 7.72. The minimum atomic E-state index is -0.746. The van der Waals surface area contributed by atoms with Gasteiger partial charge in [-0.1, -0.05) is 32.9 Å². The summed E-state index contributed by atoms with van der Waals surface area (Å²) in [5, 5.41) is 3.12. The van der Waals surface area contributed by atoms with Crippen LogP contribution in [-0.2, 0) is 5.41 Å². The SMILES string of the molecule is CCNC(=O)c1cc2ccc(OC(=O)c3ccc(C(C)(C)C)cc3)cc2oc1=O. The normalized spacial score (nSPS) is 11.3. The molecule has 3 aromatic rings. The van der Waals surface area contributed by atoms with Crippen LogP contribution in [0.2, 0.25) is 0 Å². The lowest BCUT2D eigenvalue weighted by Gasteiger charge is -2.18. The summed E-state index contributed by atoms with van der Waals surface area (Å²) in [7, 11) is 0. The summed E-state index contributed by atoms with van der Waals surface area (Å²) in [4.78, 5) is 36.4. The van der Waals surface area contributed by atoms with Crippen molar-refractivity contribution in [2.75, 3.05) is 6.54 Å². The van der Waals surface area contributed by atoms with Crippen LogP contribution < -0.4 is 15.7 Å². The number of carbonyl (C=O) groups is 2. The van der Waals surface area contributed by atoms with E-state index in [4.69, 9.17) is 9.15 Å². The number of hydrogen-bond donors (Lipinski definition) is 1. The number of benzene rings is 2. The topological polar surface area (TPSA) is 85.6 Å². The van der Waals surface area contributed by atoms with Crippen LogP contribution in [0.15, 0.2) is 57.7 Å². The lowest BCUT2D eigenvalue weighted by molar-refractivity contribution is 0.0734. The Labute approximate surface area is 168 Å². The minimum Gasteiger partial charge on any atom is -0.423 e. The number of carbonyl (C=O) groups excluding carboxylic acids is 2. The van der Waals surface area contributed by atoms with Gasteiger partial charge in [0, 0.05) is 18.0 Å². The molecule has 6 heteroatoms. The van der Waals surface area contributed by atoms with Crippen molar-refractivity contribution < 1.29 is 18.7 Å². The van der Waals surface area contributed by atoms with Crippen molar-refractivity contribution in [3.05, 3.63) is 75.6 Å². The number of fused-ring (bicyclic) bond motifs is 1. The predicted molar refractivity (Wildman–Crippen MR) is 111 cm³/mol. The van der Waals surface area contributed by atoms with Crippen molar-refractivity contribution in [3.8, 4) is 5.75 Å². The van der Waals surface area contributed by atoms with E-state index < -0.39 is 17.5 Å². The molecule has 0 atom stereocenters. The van der Waals surface area contributed by atoms with Crippen LogP contribution >= 0.6 is 0 Å². The van der Waals surface area contributed by atoms with E-state index in [9.17, 15) is 14.4 Å². The lowest BCUT2D eigenvalue weighted by atomic mass is 9.87. The summed E-state index contributed by atoms with van der Waals surface area (Å²) in [6.07, 6.45) is 0. The van der Waals surface area contributed by atoms with Crippen molar-refractivity contribution >= 4 is 22.8 Å². The van der Waals surface area contributed by atoms with E-state index >= 15 is 0 Å². The molecule has 1 amide bonds. The van der Waals surface area contributed by atoms with Gasteiger partial charge >= 0.3 is 11.6 Å². The molecule has 0 aliphatic heterocycles. The van der Waals surface area contributed by atoms with Gasteiger partial charge in [0.1, 0.15) is 16.9 Å². The van der Waals surface area contributed by atoms with Gasteiger partial charge in [-0.25, -0.2) is 9.59 Å². The van der Waals surface area contributed by atoms with E-state index in [1.807, 2.05) is 12.1 Å². The molecule has 0 aliphatic carbocycles. The monoisotopic (exact) mass is 393 g/mol. The molecule has 0 unspecified atom stereocenters. The Morgan fingerprint density at radius 1 is 1.03 bits per heavy atom. The van der Waals surface area contributed by atoms with E-state index in [0.717, 1.165) is 5.56 Å². The zero-order valence-electron chi connectivity index (χ0n) is 16.9. The zero-order valence-corrected chi connectivity index (χ0v) is 16.9. The first-order chi connectivity index (χ1) is 13.7. The Morgan fingerprint density at radius 3 is 2.34 bits per heavy atom. The van der Waals surface area contributed by atoms with Crippen molar-refractivity contribution in [1.29, 1.82) is 0 Å². The van der Waals surface area contributed by atoms with E-state index in [-0.39, 0.29) is 22.3 Å². The lowest BCUT2D eigenvalue weighted by Crippen LogP contribution is -2.27. The molecule has 1 aromatic heterocycles. The first-order valence-electron chi connectivity index (χ1n) is 9.38. The molecule has 0 radical (unpaired) electrons. The van der Waals surface area contributed by atoms with Gasteiger partial charge in [0.15, 0.2) is 0 Å². The molecule has 6 nitrogen and oxygen atoms in total. The Balaban J connectivity index is 1.83. The van der Waals surface area contributed by atoms with Crippen LogP contribution in [0.25, 0.3) is 11.0 Å². The quantitative estimate of drug-likeness (QED) is 0.410. The van der Waals surface area contributed by atoms with E-state index in [0.29, 0.717) is 17.5 Å². The molecule has 0 saturated heterocycles. The van der Waals surface area contributed by atoms with Crippen molar-refractivity contribution in [2.45, 2.75) is 33.1 Å². The molecule has 29 heavy (non-hydrogen) atoms. The average molecular weight is 393 g/mol. The van der Waals surface area contributed by atoms with E-state index in [1.165, 1.54) is 12.1 Å². The number of amides is 1. The number of ether oxygens (including phenoxy) is 1. The summed E-state index contributed by atoms with van der Waals surface area (Å²) in [6, 6.07) is 13.4. The third-order valence-corrected chi connectivity index (χ3v) is 4.49. The summed E-state index contributed by atoms with van der Waals surface area (Å²) in [6.45, 7) is 8.46. The van der Waals surface area contributed by atoms with Gasteiger partial charge in [-0.2, -0.15) is 0 Å². The zero-order chi connectivity index (χ0) is 21.2. The van der Waals surface area contributed by atoms with E-state index in [2.05, 4.69) is 26.1 Å². The maximum Gasteiger partial charge on any atom is 0.349 e. The number of nitrogens with one attached hydrogen (secondary N) is 1. The Hall–Kier alpha value is -3.41. The van der Waals surface area contributed by atoms with Crippen molar-refractivity contribution in [3.63, 3.8) is 0 Å². The second kappa shape index (κ2) is 7.91. The Bertz CT molecular complexity index is 1120. The Morgan fingerprint density at radius 2 is 1.72 bits per heavy atom. The maximum atomic E-state index is 12.4. The van der Waals surface area contributed by atoms with E-state index in [1.54, 1.807) is 31.2 Å². The summed E-state index contributed by atoms with van der Waals surface area (Å²) >= 11 is 0. The largest absolute Gasteiger partial charge is 0.423 e. The fourth-order valence-corrected chi connectivity index (χ4v) is 2.84. The average Bonchev–Trinajstić information content (AvgIpc) is 2.67. The van der Waals surface area contributed by atoms with Gasteiger partial charge in [0.25, 0.3) is 5.91 Å². The molecular weight excluding hydrogens is 370 g/mol. The predicted octanol–water partition coefficient (Wildman–Crippen LogP) is 4.06. The highest BCUT2D eigenvalue weighted by atomic mass is 16.5. The van der Waals surface area contributed by atoms with Crippen molar-refractivity contribution in [2.24, 2.45) is 0 Å². The molecule has 1 heterocycles. The standard InChI is InChI=1S/C23H23NO5/c1-5-24-20(25)18-12-15-8-11-17(13-19(15)29-22(18)27)28-21(26)14-6-9-16(10-7-14)23(2,3)4/h6-13H,5H2,1-4H3,(H,24,25). The minimum absolute atomic E-state index is 0.00872. The van der Waals surface area contributed by atoms with Gasteiger partial charge in [-0.15, -0.1) is 0 Å². The third-order valence-electron chi connectivity index (χ3n) is 4.49. The molecule has 0 fully saturated rings. The van der Waals surface area contributed by atoms with Gasteiger partial charge in [0.05, 0.1) is 5.56 Å².